The molecule has 0 bridgehead atoms. The van der Waals surface area contributed by atoms with Crippen LogP contribution in [0.1, 0.15) is 56.8 Å². The minimum absolute atomic E-state index is 0.0207. The van der Waals surface area contributed by atoms with Gasteiger partial charge in [0.15, 0.2) is 0 Å². The first-order valence-electron chi connectivity index (χ1n) is 10.5. The zero-order valence-corrected chi connectivity index (χ0v) is 17.2. The predicted molar refractivity (Wildman–Crippen MR) is 109 cm³/mol. The van der Waals surface area contributed by atoms with E-state index in [1.807, 2.05) is 31.2 Å². The van der Waals surface area contributed by atoms with Crippen LogP contribution < -0.4 is 10.1 Å². The molecule has 0 aromatic heterocycles. The Kier molecular flexibility index (Phi) is 9.64. The van der Waals surface area contributed by atoms with Crippen LogP contribution in [0.15, 0.2) is 24.3 Å². The SMILES string of the molecule is CCOCCOc1ccc(C(=O)N[C@@H]2CCCC[C@@H]2CN(CC)CC)cc1. The molecule has 0 saturated heterocycles. The van der Waals surface area contributed by atoms with Gasteiger partial charge >= 0.3 is 0 Å². The van der Waals surface area contributed by atoms with Crippen molar-refractivity contribution >= 4 is 5.91 Å². The molecule has 152 valence electrons. The summed E-state index contributed by atoms with van der Waals surface area (Å²) in [7, 11) is 0. The van der Waals surface area contributed by atoms with Crippen LogP contribution in [0.5, 0.6) is 5.75 Å². The zero-order chi connectivity index (χ0) is 19.5. The first kappa shape index (κ1) is 21.7. The van der Waals surface area contributed by atoms with Gasteiger partial charge in [-0.15, -0.1) is 0 Å². The van der Waals surface area contributed by atoms with E-state index in [0.717, 1.165) is 31.8 Å². The van der Waals surface area contributed by atoms with Crippen LogP contribution in [-0.2, 0) is 4.74 Å². The van der Waals surface area contributed by atoms with Gasteiger partial charge in [-0.25, -0.2) is 0 Å². The maximum absolute atomic E-state index is 12.7. The number of nitrogens with one attached hydrogen (secondary N) is 1. The van der Waals surface area contributed by atoms with Crippen LogP contribution in [0.3, 0.4) is 0 Å². The van der Waals surface area contributed by atoms with Gasteiger partial charge in [-0.05, 0) is 63.0 Å². The molecular formula is C22H36N2O3. The molecule has 1 fully saturated rings. The highest BCUT2D eigenvalue weighted by Gasteiger charge is 2.27. The smallest absolute Gasteiger partial charge is 0.251 e. The number of benzene rings is 1. The molecule has 2 rings (SSSR count). The van der Waals surface area contributed by atoms with Crippen molar-refractivity contribution in [3.05, 3.63) is 29.8 Å². The highest BCUT2D eigenvalue weighted by atomic mass is 16.5. The minimum Gasteiger partial charge on any atom is -0.491 e. The van der Waals surface area contributed by atoms with Gasteiger partial charge in [0.1, 0.15) is 12.4 Å². The minimum atomic E-state index is 0.0207. The molecule has 1 aliphatic rings. The first-order chi connectivity index (χ1) is 13.2. The van der Waals surface area contributed by atoms with Crippen molar-refractivity contribution in [2.75, 3.05) is 39.5 Å². The summed E-state index contributed by atoms with van der Waals surface area (Å²) < 4.78 is 10.9. The number of ether oxygens (including phenoxy) is 2. The van der Waals surface area contributed by atoms with Gasteiger partial charge < -0.3 is 19.7 Å². The summed E-state index contributed by atoms with van der Waals surface area (Å²) in [5, 5.41) is 3.29. The Morgan fingerprint density at radius 3 is 2.44 bits per heavy atom. The summed E-state index contributed by atoms with van der Waals surface area (Å²) in [5.41, 5.74) is 0.694. The Morgan fingerprint density at radius 1 is 1.07 bits per heavy atom. The molecule has 0 radical (unpaired) electrons. The van der Waals surface area contributed by atoms with Crippen LogP contribution in [0.25, 0.3) is 0 Å². The summed E-state index contributed by atoms with van der Waals surface area (Å²) in [6.45, 7) is 11.4. The Morgan fingerprint density at radius 2 is 1.78 bits per heavy atom. The van der Waals surface area contributed by atoms with Crippen LogP contribution in [0.2, 0.25) is 0 Å². The third-order valence-electron chi connectivity index (χ3n) is 5.43. The van der Waals surface area contributed by atoms with Crippen molar-refractivity contribution < 1.29 is 14.3 Å². The second kappa shape index (κ2) is 12.0. The molecule has 1 amide bonds. The van der Waals surface area contributed by atoms with Crippen molar-refractivity contribution in [1.82, 2.24) is 10.2 Å². The molecule has 2 atom stereocenters. The van der Waals surface area contributed by atoms with Crippen molar-refractivity contribution in [3.63, 3.8) is 0 Å². The van der Waals surface area contributed by atoms with E-state index in [2.05, 4.69) is 24.1 Å². The lowest BCUT2D eigenvalue weighted by Gasteiger charge is -2.35. The average molecular weight is 377 g/mol. The fraction of sp³-hybridized carbons (Fsp3) is 0.682. The predicted octanol–water partition coefficient (Wildman–Crippen LogP) is 3.73. The molecule has 1 aliphatic carbocycles. The van der Waals surface area contributed by atoms with E-state index in [9.17, 15) is 4.79 Å². The number of carbonyl (C=O) groups excluding carboxylic acids is 1. The van der Waals surface area contributed by atoms with E-state index in [-0.39, 0.29) is 11.9 Å². The van der Waals surface area contributed by atoms with Gasteiger partial charge in [-0.2, -0.15) is 0 Å². The van der Waals surface area contributed by atoms with Gasteiger partial charge in [0.05, 0.1) is 6.61 Å². The lowest BCUT2D eigenvalue weighted by atomic mass is 9.84. The Balaban J connectivity index is 1.88. The monoisotopic (exact) mass is 376 g/mol. The van der Waals surface area contributed by atoms with Crippen molar-refractivity contribution in [3.8, 4) is 5.75 Å². The van der Waals surface area contributed by atoms with Crippen molar-refractivity contribution in [2.24, 2.45) is 5.92 Å². The number of amides is 1. The molecule has 5 heteroatoms. The van der Waals surface area contributed by atoms with Gasteiger partial charge in [0, 0.05) is 24.8 Å². The largest absolute Gasteiger partial charge is 0.491 e. The summed E-state index contributed by atoms with van der Waals surface area (Å²) >= 11 is 0. The summed E-state index contributed by atoms with van der Waals surface area (Å²) in [6.07, 6.45) is 4.75. The summed E-state index contributed by atoms with van der Waals surface area (Å²) in [5.74, 6) is 1.33. The standard InChI is InChI=1S/C22H36N2O3/c1-4-24(5-2)17-19-9-7-8-10-21(19)23-22(25)18-11-13-20(14-12-18)27-16-15-26-6-3/h11-14,19,21H,4-10,15-17H2,1-3H3,(H,23,25)/t19-,21-/m1/s1. The average Bonchev–Trinajstić information content (AvgIpc) is 2.71. The number of hydrogen-bond donors (Lipinski definition) is 1. The normalized spacial score (nSPS) is 19.9. The number of carbonyl (C=O) groups is 1. The van der Waals surface area contributed by atoms with Crippen LogP contribution in [-0.4, -0.2) is 56.3 Å². The fourth-order valence-corrected chi connectivity index (χ4v) is 3.75. The quantitative estimate of drug-likeness (QED) is 0.598. The van der Waals surface area contributed by atoms with E-state index in [4.69, 9.17) is 9.47 Å². The maximum atomic E-state index is 12.7. The van der Waals surface area contributed by atoms with E-state index in [0.29, 0.717) is 31.3 Å². The fourth-order valence-electron chi connectivity index (χ4n) is 3.75. The second-order valence-electron chi connectivity index (χ2n) is 7.18. The number of hydrogen-bond acceptors (Lipinski definition) is 4. The molecule has 0 spiro atoms. The molecule has 1 N–H and O–H groups in total. The zero-order valence-electron chi connectivity index (χ0n) is 17.2. The molecular weight excluding hydrogens is 340 g/mol. The third-order valence-corrected chi connectivity index (χ3v) is 5.43. The summed E-state index contributed by atoms with van der Waals surface area (Å²) in [4.78, 5) is 15.2. The molecule has 0 aliphatic heterocycles. The molecule has 0 unspecified atom stereocenters. The Hall–Kier alpha value is -1.59. The summed E-state index contributed by atoms with van der Waals surface area (Å²) in [6, 6.07) is 7.67. The highest BCUT2D eigenvalue weighted by molar-refractivity contribution is 5.94. The Bertz CT molecular complexity index is 543. The molecule has 0 heterocycles. The second-order valence-corrected chi connectivity index (χ2v) is 7.18. The maximum Gasteiger partial charge on any atom is 0.251 e. The van der Waals surface area contributed by atoms with Gasteiger partial charge in [0.25, 0.3) is 5.91 Å². The molecule has 27 heavy (non-hydrogen) atoms. The van der Waals surface area contributed by atoms with Crippen LogP contribution in [0.4, 0.5) is 0 Å². The highest BCUT2D eigenvalue weighted by Crippen LogP contribution is 2.26. The van der Waals surface area contributed by atoms with Gasteiger partial charge in [-0.1, -0.05) is 26.7 Å². The molecule has 1 aromatic rings. The lowest BCUT2D eigenvalue weighted by molar-refractivity contribution is 0.0888. The van der Waals surface area contributed by atoms with E-state index in [1.165, 1.54) is 19.3 Å². The topological polar surface area (TPSA) is 50.8 Å². The Labute approximate surface area is 164 Å². The van der Waals surface area contributed by atoms with Crippen molar-refractivity contribution in [2.45, 2.75) is 52.5 Å². The van der Waals surface area contributed by atoms with E-state index in [1.54, 1.807) is 0 Å². The van der Waals surface area contributed by atoms with Crippen LogP contribution in [0, 0.1) is 5.92 Å². The van der Waals surface area contributed by atoms with Crippen LogP contribution >= 0.6 is 0 Å². The molecule has 1 saturated carbocycles. The molecule has 5 nitrogen and oxygen atoms in total. The van der Waals surface area contributed by atoms with Crippen molar-refractivity contribution in [1.29, 1.82) is 0 Å². The van der Waals surface area contributed by atoms with Gasteiger partial charge in [0.2, 0.25) is 0 Å². The number of rotatable bonds is 11. The third kappa shape index (κ3) is 7.15. The molecule has 1 aromatic carbocycles. The lowest BCUT2D eigenvalue weighted by Crippen LogP contribution is -2.46. The van der Waals surface area contributed by atoms with Gasteiger partial charge in [-0.3, -0.25) is 4.79 Å². The van der Waals surface area contributed by atoms with E-state index >= 15 is 0 Å². The first-order valence-corrected chi connectivity index (χ1v) is 10.5. The number of nitrogens with zero attached hydrogens (tertiary/aromatic N) is 1. The van der Waals surface area contributed by atoms with E-state index < -0.39 is 0 Å².